The van der Waals surface area contributed by atoms with Gasteiger partial charge >= 0.3 is 0 Å². The van der Waals surface area contributed by atoms with Crippen LogP contribution in [0, 0.1) is 0 Å². The Morgan fingerprint density at radius 3 is 1.36 bits per heavy atom. The SMILES string of the molecule is C/C(=N\NC(=O)c1ccc(C(=O)N/N=C(\C)c2ccc3c(c2)OCO3)cc1)c1ccc2c(c1)OCO2. The summed E-state index contributed by atoms with van der Waals surface area (Å²) in [6.45, 7) is 3.92. The van der Waals surface area contributed by atoms with Gasteiger partial charge < -0.3 is 18.9 Å². The molecule has 0 saturated carbocycles. The number of amides is 2. The molecule has 5 rings (SSSR count). The van der Waals surface area contributed by atoms with Gasteiger partial charge in [-0.15, -0.1) is 0 Å². The van der Waals surface area contributed by atoms with Crippen LogP contribution in [0.25, 0.3) is 0 Å². The van der Waals surface area contributed by atoms with Crippen LogP contribution in [-0.4, -0.2) is 36.8 Å². The number of carbonyl (C=O) groups excluding carboxylic acids is 2. The molecule has 0 unspecified atom stereocenters. The zero-order valence-electron chi connectivity index (χ0n) is 19.5. The Hall–Kier alpha value is -4.86. The Morgan fingerprint density at radius 2 is 0.944 bits per heavy atom. The van der Waals surface area contributed by atoms with Crippen molar-refractivity contribution in [3.63, 3.8) is 0 Å². The number of benzene rings is 3. The average Bonchev–Trinajstić information content (AvgIpc) is 3.58. The number of nitrogens with one attached hydrogen (secondary N) is 2. The first-order valence-electron chi connectivity index (χ1n) is 11.1. The molecule has 2 aliphatic heterocycles. The Morgan fingerprint density at radius 1 is 0.583 bits per heavy atom. The number of hydrogen-bond donors (Lipinski definition) is 2. The molecular weight excluding hydrogens is 464 g/mol. The Bertz CT molecular complexity index is 1290. The van der Waals surface area contributed by atoms with Gasteiger partial charge in [0, 0.05) is 22.3 Å². The molecule has 182 valence electrons. The molecule has 0 bridgehead atoms. The van der Waals surface area contributed by atoms with E-state index in [1.165, 1.54) is 0 Å². The highest BCUT2D eigenvalue weighted by molar-refractivity contribution is 6.03. The molecule has 0 atom stereocenters. The van der Waals surface area contributed by atoms with E-state index >= 15 is 0 Å². The lowest BCUT2D eigenvalue weighted by atomic mass is 10.1. The molecule has 0 saturated heterocycles. The standard InChI is InChI=1S/C26H22N4O6/c1-15(19-7-9-21-23(11-19)35-13-33-21)27-29-25(31)17-3-5-18(6-4-17)26(32)30-28-16(2)20-8-10-22-24(12-20)36-14-34-22/h3-12H,13-14H2,1-2H3,(H,29,31)(H,30,32)/b27-15+,28-16+. The number of hydrogen-bond acceptors (Lipinski definition) is 8. The molecule has 0 aromatic heterocycles. The fourth-order valence-corrected chi connectivity index (χ4v) is 3.54. The number of fused-ring (bicyclic) bond motifs is 2. The molecule has 2 amide bonds. The van der Waals surface area contributed by atoms with E-state index in [1.54, 1.807) is 62.4 Å². The van der Waals surface area contributed by atoms with E-state index < -0.39 is 11.8 Å². The van der Waals surface area contributed by atoms with Crippen molar-refractivity contribution in [3.8, 4) is 23.0 Å². The molecule has 2 N–H and O–H groups in total. The van der Waals surface area contributed by atoms with Crippen LogP contribution in [0.3, 0.4) is 0 Å². The largest absolute Gasteiger partial charge is 0.454 e. The zero-order valence-corrected chi connectivity index (χ0v) is 19.5. The summed E-state index contributed by atoms with van der Waals surface area (Å²) in [6, 6.07) is 17.0. The first-order chi connectivity index (χ1) is 17.5. The third kappa shape index (κ3) is 4.83. The second-order valence-electron chi connectivity index (χ2n) is 7.99. The first kappa shape index (κ1) is 22.9. The van der Waals surface area contributed by atoms with Crippen LogP contribution in [0.5, 0.6) is 23.0 Å². The second kappa shape index (κ2) is 9.79. The number of hydrazone groups is 2. The first-order valence-corrected chi connectivity index (χ1v) is 11.1. The Kier molecular flexibility index (Phi) is 6.23. The fourth-order valence-electron chi connectivity index (χ4n) is 3.54. The van der Waals surface area contributed by atoms with Gasteiger partial charge in [-0.2, -0.15) is 10.2 Å². The van der Waals surface area contributed by atoms with Crippen molar-refractivity contribution < 1.29 is 28.5 Å². The van der Waals surface area contributed by atoms with E-state index in [0.29, 0.717) is 45.5 Å². The minimum absolute atomic E-state index is 0.186. The highest BCUT2D eigenvalue weighted by Crippen LogP contribution is 2.33. The van der Waals surface area contributed by atoms with Crippen LogP contribution in [0.4, 0.5) is 0 Å². The van der Waals surface area contributed by atoms with Crippen molar-refractivity contribution in [2.75, 3.05) is 13.6 Å². The predicted octanol–water partition coefficient (Wildman–Crippen LogP) is 3.45. The summed E-state index contributed by atoms with van der Waals surface area (Å²) < 4.78 is 21.3. The van der Waals surface area contributed by atoms with Crippen LogP contribution < -0.4 is 29.8 Å². The summed E-state index contributed by atoms with van der Waals surface area (Å²) in [5, 5.41) is 8.32. The number of carbonyl (C=O) groups is 2. The van der Waals surface area contributed by atoms with Crippen LogP contribution in [-0.2, 0) is 0 Å². The van der Waals surface area contributed by atoms with Crippen molar-refractivity contribution in [3.05, 3.63) is 82.9 Å². The second-order valence-corrected chi connectivity index (χ2v) is 7.99. The van der Waals surface area contributed by atoms with Crippen molar-refractivity contribution >= 4 is 23.2 Å². The van der Waals surface area contributed by atoms with Gasteiger partial charge in [-0.1, -0.05) is 0 Å². The number of rotatable bonds is 6. The lowest BCUT2D eigenvalue weighted by Gasteiger charge is -2.06. The molecule has 0 radical (unpaired) electrons. The monoisotopic (exact) mass is 486 g/mol. The molecule has 10 nitrogen and oxygen atoms in total. The summed E-state index contributed by atoms with van der Waals surface area (Å²) >= 11 is 0. The Balaban J connectivity index is 1.18. The summed E-state index contributed by atoms with van der Waals surface area (Å²) in [4.78, 5) is 25.0. The maximum absolute atomic E-state index is 12.5. The van der Waals surface area contributed by atoms with Crippen molar-refractivity contribution in [1.29, 1.82) is 0 Å². The minimum Gasteiger partial charge on any atom is -0.454 e. The van der Waals surface area contributed by atoms with Crippen LogP contribution in [0.1, 0.15) is 45.7 Å². The van der Waals surface area contributed by atoms with Crippen LogP contribution in [0.15, 0.2) is 70.9 Å². The van der Waals surface area contributed by atoms with Gasteiger partial charge in [-0.3, -0.25) is 9.59 Å². The molecule has 0 spiro atoms. The molecule has 36 heavy (non-hydrogen) atoms. The van der Waals surface area contributed by atoms with Gasteiger partial charge in [0.15, 0.2) is 23.0 Å². The quantitative estimate of drug-likeness (QED) is 0.407. The Labute approximate surface area is 206 Å². The molecular formula is C26H22N4O6. The third-order valence-corrected chi connectivity index (χ3v) is 5.64. The average molecular weight is 486 g/mol. The summed E-state index contributed by atoms with van der Waals surface area (Å²) in [7, 11) is 0. The maximum Gasteiger partial charge on any atom is 0.271 e. The fraction of sp³-hybridized carbons (Fsp3) is 0.154. The van der Waals surface area contributed by atoms with Crippen molar-refractivity contribution in [1.82, 2.24) is 10.9 Å². The van der Waals surface area contributed by atoms with Gasteiger partial charge in [-0.25, -0.2) is 10.9 Å². The van der Waals surface area contributed by atoms with E-state index in [4.69, 9.17) is 18.9 Å². The molecule has 3 aromatic rings. The van der Waals surface area contributed by atoms with E-state index in [0.717, 1.165) is 11.1 Å². The summed E-state index contributed by atoms with van der Waals surface area (Å²) in [5.41, 5.74) is 8.56. The molecule has 10 heteroatoms. The van der Waals surface area contributed by atoms with Gasteiger partial charge in [0.1, 0.15) is 0 Å². The van der Waals surface area contributed by atoms with E-state index in [9.17, 15) is 9.59 Å². The molecule has 0 fully saturated rings. The van der Waals surface area contributed by atoms with Crippen molar-refractivity contribution in [2.24, 2.45) is 10.2 Å². The number of ether oxygens (including phenoxy) is 4. The highest BCUT2D eigenvalue weighted by atomic mass is 16.7. The highest BCUT2D eigenvalue weighted by Gasteiger charge is 2.16. The topological polar surface area (TPSA) is 120 Å². The normalized spacial score (nSPS) is 13.9. The molecule has 2 aliphatic rings. The maximum atomic E-state index is 12.5. The summed E-state index contributed by atoms with van der Waals surface area (Å²) in [6.07, 6.45) is 0. The predicted molar refractivity (Wildman–Crippen MR) is 131 cm³/mol. The van der Waals surface area contributed by atoms with Gasteiger partial charge in [0.2, 0.25) is 13.6 Å². The van der Waals surface area contributed by atoms with Crippen LogP contribution >= 0.6 is 0 Å². The van der Waals surface area contributed by atoms with Gasteiger partial charge in [-0.05, 0) is 74.5 Å². The van der Waals surface area contributed by atoms with E-state index in [1.807, 2.05) is 12.1 Å². The number of nitrogens with zero attached hydrogens (tertiary/aromatic N) is 2. The van der Waals surface area contributed by atoms with Crippen LogP contribution in [0.2, 0.25) is 0 Å². The minimum atomic E-state index is -0.404. The lowest BCUT2D eigenvalue weighted by molar-refractivity contribution is 0.0943. The van der Waals surface area contributed by atoms with Crippen molar-refractivity contribution in [2.45, 2.75) is 13.8 Å². The smallest absolute Gasteiger partial charge is 0.271 e. The van der Waals surface area contributed by atoms with E-state index in [2.05, 4.69) is 21.1 Å². The zero-order chi connectivity index (χ0) is 25.1. The lowest BCUT2D eigenvalue weighted by Crippen LogP contribution is -2.21. The third-order valence-electron chi connectivity index (χ3n) is 5.64. The molecule has 3 aromatic carbocycles. The molecule has 2 heterocycles. The van der Waals surface area contributed by atoms with Gasteiger partial charge in [0.05, 0.1) is 11.4 Å². The summed E-state index contributed by atoms with van der Waals surface area (Å²) in [5.74, 6) is 1.81. The molecule has 0 aliphatic carbocycles. The van der Waals surface area contributed by atoms with E-state index in [-0.39, 0.29) is 13.6 Å². The van der Waals surface area contributed by atoms with Gasteiger partial charge in [0.25, 0.3) is 11.8 Å².